The number of halogens is 1. The third kappa shape index (κ3) is 5.61. The molecule has 0 aliphatic heterocycles. The van der Waals surface area contributed by atoms with Crippen molar-refractivity contribution in [2.75, 3.05) is 0 Å². The molecule has 0 aromatic heterocycles. The molecule has 1 rings (SSSR count). The van der Waals surface area contributed by atoms with Gasteiger partial charge in [-0.3, -0.25) is 4.79 Å². The molecule has 1 aromatic rings. The molecule has 64 valence electrons. The van der Waals surface area contributed by atoms with Crippen LogP contribution in [0.4, 0.5) is 0 Å². The van der Waals surface area contributed by atoms with Crippen molar-refractivity contribution in [1.82, 2.24) is 0 Å². The predicted molar refractivity (Wildman–Crippen MR) is 54.1 cm³/mol. The Balaban J connectivity index is 0.000000354. The molecule has 0 saturated carbocycles. The average molecular weight is 289 g/mol. The molecule has 0 unspecified atom stereocenters. The van der Waals surface area contributed by atoms with Crippen LogP contribution in [-0.4, -0.2) is 26.4 Å². The molecule has 0 fully saturated rings. The van der Waals surface area contributed by atoms with Gasteiger partial charge in [-0.1, -0.05) is 30.3 Å². The number of rotatable bonds is 1. The quantitative estimate of drug-likeness (QED) is 0.574. The van der Waals surface area contributed by atoms with Gasteiger partial charge < -0.3 is 0 Å². The number of carbonyl (C=O) groups is 1. The van der Waals surface area contributed by atoms with Crippen LogP contribution in [0, 0.1) is 0 Å². The van der Waals surface area contributed by atoms with Crippen LogP contribution in [0.1, 0.15) is 10.4 Å². The van der Waals surface area contributed by atoms with Gasteiger partial charge in [0.15, 0.2) is 0 Å². The van der Waals surface area contributed by atoms with Crippen molar-refractivity contribution >= 4 is 38.0 Å². The summed E-state index contributed by atoms with van der Waals surface area (Å²) in [6, 6.07) is 8.74. The van der Waals surface area contributed by atoms with Gasteiger partial charge in [-0.15, -0.1) is 0 Å². The SMILES string of the molecule is O=C(Cl)c1ccccc1.[CH3][Sn][CH3]. The van der Waals surface area contributed by atoms with Crippen molar-refractivity contribution in [3.05, 3.63) is 35.9 Å². The zero-order valence-electron chi connectivity index (χ0n) is 7.17. The van der Waals surface area contributed by atoms with E-state index in [-0.39, 0.29) is 21.1 Å². The van der Waals surface area contributed by atoms with E-state index in [0.717, 1.165) is 0 Å². The van der Waals surface area contributed by atoms with Crippen molar-refractivity contribution in [1.29, 1.82) is 0 Å². The summed E-state index contributed by atoms with van der Waals surface area (Å²) in [6.07, 6.45) is 0. The second kappa shape index (κ2) is 7.62. The van der Waals surface area contributed by atoms with E-state index in [4.69, 9.17) is 11.6 Å². The molecule has 3 heteroatoms. The fraction of sp³-hybridized carbons (Fsp3) is 0.222. The molecule has 2 radical (unpaired) electrons. The first-order chi connectivity index (χ1) is 5.72. The molecule has 0 N–H and O–H groups in total. The molecular formula is C9H11ClOSn. The number of hydrogen-bond donors (Lipinski definition) is 0. The van der Waals surface area contributed by atoms with E-state index in [1.54, 1.807) is 24.3 Å². The monoisotopic (exact) mass is 290 g/mol. The maximum absolute atomic E-state index is 10.4. The van der Waals surface area contributed by atoms with Crippen LogP contribution >= 0.6 is 11.6 Å². The van der Waals surface area contributed by atoms with Gasteiger partial charge in [-0.2, -0.15) is 0 Å². The molecule has 0 amide bonds. The Morgan fingerprint density at radius 3 is 1.92 bits per heavy atom. The topological polar surface area (TPSA) is 17.1 Å². The first-order valence-corrected chi connectivity index (χ1v) is 9.64. The van der Waals surface area contributed by atoms with E-state index < -0.39 is 5.24 Å². The normalized spacial score (nSPS) is 8.25. The Morgan fingerprint density at radius 2 is 1.67 bits per heavy atom. The van der Waals surface area contributed by atoms with Crippen LogP contribution in [-0.2, 0) is 0 Å². The summed E-state index contributed by atoms with van der Waals surface area (Å²) in [6.45, 7) is 0. The molecule has 1 aromatic carbocycles. The molecular weight excluding hydrogens is 278 g/mol. The minimum absolute atomic E-state index is 0.230. The summed E-state index contributed by atoms with van der Waals surface area (Å²) in [4.78, 5) is 15.0. The Kier molecular flexibility index (Phi) is 7.61. The van der Waals surface area contributed by atoms with Crippen LogP contribution in [0.5, 0.6) is 0 Å². The second-order valence-corrected chi connectivity index (χ2v) is 5.34. The van der Waals surface area contributed by atoms with E-state index in [2.05, 4.69) is 9.88 Å². The zero-order valence-corrected chi connectivity index (χ0v) is 10.8. The molecule has 0 saturated heterocycles. The fourth-order valence-electron chi connectivity index (χ4n) is 0.569. The standard InChI is InChI=1S/C7H5ClO.2CH3.Sn/c8-7(9)6-4-2-1-3-5-6;;;/h1-5H;2*1H3;. The van der Waals surface area contributed by atoms with Gasteiger partial charge in [-0.05, 0) is 11.6 Å². The Morgan fingerprint density at radius 1 is 1.25 bits per heavy atom. The van der Waals surface area contributed by atoms with Crippen LogP contribution in [0.3, 0.4) is 0 Å². The Bertz CT molecular complexity index is 223. The van der Waals surface area contributed by atoms with Crippen molar-refractivity contribution in [3.8, 4) is 0 Å². The Hall–Kier alpha value is -0.0213. The maximum atomic E-state index is 10.4. The summed E-state index contributed by atoms with van der Waals surface area (Å²) >= 11 is 5.39. The third-order valence-corrected chi connectivity index (χ3v) is 1.22. The molecule has 0 spiro atoms. The van der Waals surface area contributed by atoms with Crippen molar-refractivity contribution in [2.45, 2.75) is 9.88 Å². The first-order valence-electron chi connectivity index (χ1n) is 3.55. The van der Waals surface area contributed by atoms with E-state index in [1.165, 1.54) is 0 Å². The van der Waals surface area contributed by atoms with Crippen LogP contribution in [0.15, 0.2) is 30.3 Å². The third-order valence-electron chi connectivity index (χ3n) is 1.00. The molecule has 0 aliphatic carbocycles. The van der Waals surface area contributed by atoms with Gasteiger partial charge in [0.05, 0.1) is 0 Å². The minimum atomic E-state index is -0.407. The van der Waals surface area contributed by atoms with Crippen molar-refractivity contribution in [3.63, 3.8) is 0 Å². The van der Waals surface area contributed by atoms with Crippen LogP contribution < -0.4 is 0 Å². The van der Waals surface area contributed by atoms with Gasteiger partial charge >= 0.3 is 31.0 Å². The first kappa shape index (κ1) is 12.0. The van der Waals surface area contributed by atoms with E-state index in [9.17, 15) is 4.79 Å². The summed E-state index contributed by atoms with van der Waals surface area (Å²) in [5.41, 5.74) is 0.541. The summed E-state index contributed by atoms with van der Waals surface area (Å²) < 4.78 is 0. The van der Waals surface area contributed by atoms with Gasteiger partial charge in [0.25, 0.3) is 5.24 Å². The van der Waals surface area contributed by atoms with E-state index in [1.807, 2.05) is 6.07 Å². The molecule has 12 heavy (non-hydrogen) atoms. The van der Waals surface area contributed by atoms with Gasteiger partial charge in [-0.25, -0.2) is 0 Å². The molecule has 1 nitrogen and oxygen atoms in total. The molecule has 0 bridgehead atoms. The van der Waals surface area contributed by atoms with Crippen LogP contribution in [0.2, 0.25) is 9.88 Å². The predicted octanol–water partition coefficient (Wildman–Crippen LogP) is 2.85. The summed E-state index contributed by atoms with van der Waals surface area (Å²) in [5, 5.41) is -0.407. The van der Waals surface area contributed by atoms with E-state index >= 15 is 0 Å². The molecule has 0 atom stereocenters. The van der Waals surface area contributed by atoms with Crippen molar-refractivity contribution in [2.24, 2.45) is 0 Å². The van der Waals surface area contributed by atoms with Gasteiger partial charge in [0, 0.05) is 5.56 Å². The van der Waals surface area contributed by atoms with Crippen LogP contribution in [0.25, 0.3) is 0 Å². The fourth-order valence-corrected chi connectivity index (χ4v) is 0.695. The molecule has 0 aliphatic rings. The number of carbonyl (C=O) groups excluding carboxylic acids is 1. The zero-order chi connectivity index (χ0) is 9.40. The average Bonchev–Trinajstić information content (AvgIpc) is 2.07. The van der Waals surface area contributed by atoms with E-state index in [0.29, 0.717) is 5.56 Å². The van der Waals surface area contributed by atoms with Crippen molar-refractivity contribution < 1.29 is 4.79 Å². The van der Waals surface area contributed by atoms with Gasteiger partial charge in [0.1, 0.15) is 0 Å². The summed E-state index contributed by atoms with van der Waals surface area (Å²) in [5.74, 6) is 0. The Labute approximate surface area is 88.3 Å². The van der Waals surface area contributed by atoms with Gasteiger partial charge in [0.2, 0.25) is 0 Å². The number of hydrogen-bond acceptors (Lipinski definition) is 1. The summed E-state index contributed by atoms with van der Waals surface area (Å²) in [7, 11) is 0. The second-order valence-electron chi connectivity index (χ2n) is 2.14. The molecule has 0 heterocycles. The number of benzene rings is 1.